The van der Waals surface area contributed by atoms with Crippen molar-refractivity contribution in [2.45, 2.75) is 39.0 Å². The van der Waals surface area contributed by atoms with Crippen LogP contribution < -0.4 is 4.74 Å². The molecule has 0 unspecified atom stereocenters. The lowest BCUT2D eigenvalue weighted by molar-refractivity contribution is 0.0730. The van der Waals surface area contributed by atoms with Crippen LogP contribution in [0.25, 0.3) is 0 Å². The SMILES string of the molecule is Cc1nc(COc2ccc(C(=O)N(Cc3ccncc3)C3CC3)cc2)no1. The molecule has 7 nitrogen and oxygen atoms in total. The molecule has 7 heteroatoms. The quantitative estimate of drug-likeness (QED) is 0.640. The molecule has 0 N–H and O–H groups in total. The van der Waals surface area contributed by atoms with Crippen LogP contribution in [0.15, 0.2) is 53.3 Å². The van der Waals surface area contributed by atoms with Gasteiger partial charge >= 0.3 is 0 Å². The molecule has 0 saturated heterocycles. The molecule has 1 saturated carbocycles. The number of ether oxygens (including phenoxy) is 1. The Bertz CT molecular complexity index is 904. The molecule has 1 amide bonds. The van der Waals surface area contributed by atoms with E-state index in [1.807, 2.05) is 17.0 Å². The van der Waals surface area contributed by atoms with Crippen molar-refractivity contribution in [3.05, 3.63) is 71.6 Å². The predicted molar refractivity (Wildman–Crippen MR) is 96.9 cm³/mol. The smallest absolute Gasteiger partial charge is 0.254 e. The van der Waals surface area contributed by atoms with Gasteiger partial charge in [0.15, 0.2) is 6.61 Å². The Morgan fingerprint density at radius 3 is 2.56 bits per heavy atom. The molecular formula is C20H20N4O3. The van der Waals surface area contributed by atoms with Gasteiger partial charge in [-0.25, -0.2) is 0 Å². The van der Waals surface area contributed by atoms with Crippen LogP contribution in [0, 0.1) is 6.92 Å². The van der Waals surface area contributed by atoms with Crippen molar-refractivity contribution in [3.63, 3.8) is 0 Å². The molecule has 138 valence electrons. The van der Waals surface area contributed by atoms with Gasteiger partial charge in [0.2, 0.25) is 11.7 Å². The molecule has 27 heavy (non-hydrogen) atoms. The molecule has 1 aliphatic rings. The summed E-state index contributed by atoms with van der Waals surface area (Å²) < 4.78 is 10.6. The van der Waals surface area contributed by atoms with E-state index in [9.17, 15) is 4.79 Å². The summed E-state index contributed by atoms with van der Waals surface area (Å²) in [5.41, 5.74) is 1.74. The fraction of sp³-hybridized carbons (Fsp3) is 0.300. The number of hydrogen-bond donors (Lipinski definition) is 0. The van der Waals surface area contributed by atoms with E-state index in [0.29, 0.717) is 35.6 Å². The van der Waals surface area contributed by atoms with Crippen molar-refractivity contribution in [1.29, 1.82) is 0 Å². The van der Waals surface area contributed by atoms with Gasteiger partial charge in [-0.1, -0.05) is 5.16 Å². The van der Waals surface area contributed by atoms with Crippen LogP contribution in [0.2, 0.25) is 0 Å². The maximum atomic E-state index is 13.0. The maximum Gasteiger partial charge on any atom is 0.254 e. The number of carbonyl (C=O) groups excluding carboxylic acids is 1. The molecule has 0 spiro atoms. The Morgan fingerprint density at radius 1 is 1.19 bits per heavy atom. The van der Waals surface area contributed by atoms with Gasteiger partial charge in [-0.15, -0.1) is 0 Å². The summed E-state index contributed by atoms with van der Waals surface area (Å²) in [6.45, 7) is 2.55. The molecular weight excluding hydrogens is 344 g/mol. The summed E-state index contributed by atoms with van der Waals surface area (Å²) >= 11 is 0. The van der Waals surface area contributed by atoms with Gasteiger partial charge in [-0.2, -0.15) is 4.98 Å². The minimum Gasteiger partial charge on any atom is -0.485 e. The van der Waals surface area contributed by atoms with Crippen LogP contribution in [0.4, 0.5) is 0 Å². The number of pyridine rings is 1. The zero-order valence-corrected chi connectivity index (χ0v) is 15.0. The van der Waals surface area contributed by atoms with Crippen molar-refractivity contribution < 1.29 is 14.1 Å². The highest BCUT2D eigenvalue weighted by molar-refractivity contribution is 5.94. The topological polar surface area (TPSA) is 81.4 Å². The molecule has 1 fully saturated rings. The monoisotopic (exact) mass is 364 g/mol. The van der Waals surface area contributed by atoms with Crippen LogP contribution in [0.3, 0.4) is 0 Å². The second-order valence-corrected chi connectivity index (χ2v) is 6.56. The summed E-state index contributed by atoms with van der Waals surface area (Å²) in [6, 6.07) is 11.4. The number of carbonyl (C=O) groups is 1. The number of aryl methyl sites for hydroxylation is 1. The highest BCUT2D eigenvalue weighted by Gasteiger charge is 2.33. The van der Waals surface area contributed by atoms with Crippen molar-refractivity contribution in [2.75, 3.05) is 0 Å². The average Bonchev–Trinajstić information content (AvgIpc) is 3.46. The second-order valence-electron chi connectivity index (χ2n) is 6.56. The molecule has 4 rings (SSSR count). The summed E-state index contributed by atoms with van der Waals surface area (Å²) in [5.74, 6) is 1.68. The van der Waals surface area contributed by atoms with Gasteiger partial charge in [-0.05, 0) is 54.8 Å². The first-order chi connectivity index (χ1) is 13.2. The first kappa shape index (κ1) is 17.2. The lowest BCUT2D eigenvalue weighted by atomic mass is 10.1. The fourth-order valence-electron chi connectivity index (χ4n) is 2.85. The summed E-state index contributed by atoms with van der Waals surface area (Å²) in [5, 5.41) is 3.79. The lowest BCUT2D eigenvalue weighted by Crippen LogP contribution is -2.32. The maximum absolute atomic E-state index is 13.0. The van der Waals surface area contributed by atoms with Crippen molar-refractivity contribution >= 4 is 5.91 Å². The summed E-state index contributed by atoms with van der Waals surface area (Å²) in [6.07, 6.45) is 5.62. The van der Waals surface area contributed by atoms with Crippen LogP contribution in [-0.2, 0) is 13.2 Å². The Hall–Kier alpha value is -3.22. The van der Waals surface area contributed by atoms with E-state index in [-0.39, 0.29) is 12.5 Å². The van der Waals surface area contributed by atoms with E-state index in [0.717, 1.165) is 18.4 Å². The normalized spacial score (nSPS) is 13.4. The van der Waals surface area contributed by atoms with Crippen LogP contribution in [-0.4, -0.2) is 32.0 Å². The second kappa shape index (κ2) is 7.57. The van der Waals surface area contributed by atoms with E-state index >= 15 is 0 Å². The zero-order chi connectivity index (χ0) is 18.6. The summed E-state index contributed by atoms with van der Waals surface area (Å²) in [7, 11) is 0. The van der Waals surface area contributed by atoms with Crippen LogP contribution in [0.5, 0.6) is 5.75 Å². The highest BCUT2D eigenvalue weighted by Crippen LogP contribution is 2.30. The molecule has 2 heterocycles. The zero-order valence-electron chi connectivity index (χ0n) is 15.0. The predicted octanol–water partition coefficient (Wildman–Crippen LogP) is 3.16. The third kappa shape index (κ3) is 4.31. The van der Waals surface area contributed by atoms with E-state index in [1.54, 1.807) is 43.6 Å². The third-order valence-electron chi connectivity index (χ3n) is 4.39. The molecule has 2 aromatic heterocycles. The Morgan fingerprint density at radius 2 is 1.93 bits per heavy atom. The number of amides is 1. The van der Waals surface area contributed by atoms with E-state index in [1.165, 1.54) is 0 Å². The first-order valence-electron chi connectivity index (χ1n) is 8.91. The lowest BCUT2D eigenvalue weighted by Gasteiger charge is -2.22. The Kier molecular flexibility index (Phi) is 4.82. The van der Waals surface area contributed by atoms with Crippen LogP contribution in [0.1, 0.15) is 40.5 Å². The van der Waals surface area contributed by atoms with Crippen LogP contribution >= 0.6 is 0 Å². The number of rotatable bonds is 7. The van der Waals surface area contributed by atoms with Gasteiger partial charge in [-0.3, -0.25) is 9.78 Å². The third-order valence-corrected chi connectivity index (χ3v) is 4.39. The van der Waals surface area contributed by atoms with E-state index in [2.05, 4.69) is 15.1 Å². The average molecular weight is 364 g/mol. The molecule has 0 radical (unpaired) electrons. The largest absolute Gasteiger partial charge is 0.485 e. The van der Waals surface area contributed by atoms with Crippen molar-refractivity contribution in [1.82, 2.24) is 20.0 Å². The fourth-order valence-corrected chi connectivity index (χ4v) is 2.85. The van der Waals surface area contributed by atoms with Gasteiger partial charge < -0.3 is 14.2 Å². The number of nitrogens with zero attached hydrogens (tertiary/aromatic N) is 4. The van der Waals surface area contributed by atoms with Gasteiger partial charge in [0, 0.05) is 37.5 Å². The molecule has 3 aromatic rings. The first-order valence-corrected chi connectivity index (χ1v) is 8.91. The minimum atomic E-state index is 0.0367. The Labute approximate surface area is 157 Å². The molecule has 0 aliphatic heterocycles. The number of hydrogen-bond acceptors (Lipinski definition) is 6. The minimum absolute atomic E-state index is 0.0367. The molecule has 0 atom stereocenters. The van der Waals surface area contributed by atoms with Crippen molar-refractivity contribution in [2.24, 2.45) is 0 Å². The molecule has 0 bridgehead atoms. The number of aromatic nitrogens is 3. The highest BCUT2D eigenvalue weighted by atomic mass is 16.5. The van der Waals surface area contributed by atoms with E-state index < -0.39 is 0 Å². The van der Waals surface area contributed by atoms with Gasteiger partial charge in [0.25, 0.3) is 5.91 Å². The molecule has 1 aromatic carbocycles. The van der Waals surface area contributed by atoms with Gasteiger partial charge in [0.1, 0.15) is 5.75 Å². The Balaban J connectivity index is 1.41. The van der Waals surface area contributed by atoms with Crippen molar-refractivity contribution in [3.8, 4) is 5.75 Å². The summed E-state index contributed by atoms with van der Waals surface area (Å²) in [4.78, 5) is 23.0. The van der Waals surface area contributed by atoms with Gasteiger partial charge in [0.05, 0.1) is 0 Å². The standard InChI is InChI=1S/C20H20N4O3/c1-14-22-19(23-27-14)13-26-18-6-2-16(3-7-18)20(25)24(17-4-5-17)12-15-8-10-21-11-9-15/h2-3,6-11,17H,4-5,12-13H2,1H3. The van der Waals surface area contributed by atoms with E-state index in [4.69, 9.17) is 9.26 Å². The molecule has 1 aliphatic carbocycles. The number of benzene rings is 1.